The number of nitrogens with one attached hydrogen (secondary N) is 2. The van der Waals surface area contributed by atoms with E-state index in [2.05, 4.69) is 74.4 Å². The highest BCUT2D eigenvalue weighted by atomic mass is 16.5. The monoisotopic (exact) mass is 461 g/mol. The fourth-order valence-corrected chi connectivity index (χ4v) is 4.95. The van der Waals surface area contributed by atoms with Gasteiger partial charge in [0.2, 0.25) is 0 Å². The summed E-state index contributed by atoms with van der Waals surface area (Å²) in [5.74, 6) is 0.386. The standard InChI is InChI=1S/C27H35N5O2/c1-15-8-21(9-16(2)19(15)5)14-30-27-25(26(28)33)24(31-32-27)12-20-6-7-23(29-13-20)22-10-17(3)34-18(4)11-22/h6-9,13,17-18,22H,10-12,14H2,1-5H3,(H2,28,33)(H2,30,31,32)/t17-,18+,22?. The molecule has 1 aliphatic heterocycles. The molecule has 0 saturated carbocycles. The molecule has 1 aromatic carbocycles. The molecule has 180 valence electrons. The first-order chi connectivity index (χ1) is 16.2. The Kier molecular flexibility index (Phi) is 7.03. The van der Waals surface area contributed by atoms with E-state index in [-0.39, 0.29) is 12.2 Å². The lowest BCUT2D eigenvalue weighted by Gasteiger charge is -2.31. The summed E-state index contributed by atoms with van der Waals surface area (Å²) in [6.07, 6.45) is 4.85. The molecule has 1 aliphatic rings. The molecule has 4 N–H and O–H groups in total. The van der Waals surface area contributed by atoms with Crippen LogP contribution >= 0.6 is 0 Å². The lowest BCUT2D eigenvalue weighted by molar-refractivity contribution is -0.0385. The molecule has 4 rings (SSSR count). The second kappa shape index (κ2) is 9.97. The van der Waals surface area contributed by atoms with E-state index in [1.807, 2.05) is 6.20 Å². The molecular formula is C27H35N5O2. The number of carbonyl (C=O) groups is 1. The maximum Gasteiger partial charge on any atom is 0.254 e. The summed E-state index contributed by atoms with van der Waals surface area (Å²) in [5, 5.41) is 10.6. The molecule has 7 nitrogen and oxygen atoms in total. The van der Waals surface area contributed by atoms with Crippen molar-refractivity contribution >= 4 is 11.7 Å². The number of hydrogen-bond acceptors (Lipinski definition) is 5. The van der Waals surface area contributed by atoms with Gasteiger partial charge in [0, 0.05) is 30.8 Å². The minimum absolute atomic E-state index is 0.247. The van der Waals surface area contributed by atoms with Crippen molar-refractivity contribution in [3.8, 4) is 0 Å². The van der Waals surface area contributed by atoms with Crippen molar-refractivity contribution in [2.45, 2.75) is 78.6 Å². The van der Waals surface area contributed by atoms with Crippen LogP contribution in [0.25, 0.3) is 0 Å². The summed E-state index contributed by atoms with van der Waals surface area (Å²) in [6.45, 7) is 11.1. The second-order valence-corrected chi connectivity index (χ2v) is 9.69. The van der Waals surface area contributed by atoms with Gasteiger partial charge < -0.3 is 15.8 Å². The predicted molar refractivity (Wildman–Crippen MR) is 134 cm³/mol. The molecular weight excluding hydrogens is 426 g/mol. The smallest absolute Gasteiger partial charge is 0.254 e. The van der Waals surface area contributed by atoms with Crippen molar-refractivity contribution in [2.24, 2.45) is 5.73 Å². The SMILES string of the molecule is Cc1cc(CNc2n[nH]c(Cc3ccc(C4C[C@@H](C)O[C@@H](C)C4)nc3)c2C(N)=O)cc(C)c1C. The van der Waals surface area contributed by atoms with Crippen molar-refractivity contribution in [1.82, 2.24) is 15.2 Å². The number of anilines is 1. The molecule has 3 heterocycles. The fourth-order valence-electron chi connectivity index (χ4n) is 4.95. The summed E-state index contributed by atoms with van der Waals surface area (Å²) >= 11 is 0. The first kappa shape index (κ1) is 24.0. The molecule has 1 unspecified atom stereocenters. The van der Waals surface area contributed by atoms with Crippen molar-refractivity contribution < 1.29 is 9.53 Å². The van der Waals surface area contributed by atoms with Gasteiger partial charge in [0.15, 0.2) is 5.82 Å². The van der Waals surface area contributed by atoms with Gasteiger partial charge in [-0.3, -0.25) is 14.9 Å². The normalized spacial score (nSPS) is 20.3. The summed E-state index contributed by atoms with van der Waals surface area (Å²) in [6, 6.07) is 8.47. The zero-order chi connectivity index (χ0) is 24.4. The zero-order valence-corrected chi connectivity index (χ0v) is 20.7. The van der Waals surface area contributed by atoms with Crippen LogP contribution in [0.3, 0.4) is 0 Å². The summed E-state index contributed by atoms with van der Waals surface area (Å²) in [4.78, 5) is 17.0. The number of ether oxygens (including phenoxy) is 1. The highest BCUT2D eigenvalue weighted by Crippen LogP contribution is 2.32. The van der Waals surface area contributed by atoms with Crippen LogP contribution < -0.4 is 11.1 Å². The molecule has 34 heavy (non-hydrogen) atoms. The van der Waals surface area contributed by atoms with Crippen LogP contribution in [0, 0.1) is 20.8 Å². The van der Waals surface area contributed by atoms with Crippen LogP contribution in [0.1, 0.15) is 82.2 Å². The van der Waals surface area contributed by atoms with E-state index in [0.717, 1.165) is 29.7 Å². The Hall–Kier alpha value is -3.19. The summed E-state index contributed by atoms with van der Waals surface area (Å²) in [5.41, 5.74) is 13.8. The van der Waals surface area contributed by atoms with E-state index in [4.69, 9.17) is 15.5 Å². The lowest BCUT2D eigenvalue weighted by atomic mass is 9.89. The Labute approximate surface area is 201 Å². The summed E-state index contributed by atoms with van der Waals surface area (Å²) < 4.78 is 5.85. The van der Waals surface area contributed by atoms with Crippen molar-refractivity contribution in [1.29, 1.82) is 0 Å². The molecule has 1 amide bonds. The third-order valence-electron chi connectivity index (χ3n) is 6.88. The van der Waals surface area contributed by atoms with Gasteiger partial charge in [0.25, 0.3) is 5.91 Å². The highest BCUT2D eigenvalue weighted by Gasteiger charge is 2.26. The first-order valence-corrected chi connectivity index (χ1v) is 12.0. The Morgan fingerprint density at radius 1 is 1.12 bits per heavy atom. The van der Waals surface area contributed by atoms with Gasteiger partial charge in [-0.1, -0.05) is 18.2 Å². The highest BCUT2D eigenvalue weighted by molar-refractivity contribution is 5.98. The van der Waals surface area contributed by atoms with Crippen LogP contribution in [0.15, 0.2) is 30.5 Å². The second-order valence-electron chi connectivity index (χ2n) is 9.69. The molecule has 3 aromatic rings. The largest absolute Gasteiger partial charge is 0.376 e. The molecule has 3 atom stereocenters. The molecule has 0 spiro atoms. The Bertz CT molecular complexity index is 1140. The van der Waals surface area contributed by atoms with Gasteiger partial charge >= 0.3 is 0 Å². The number of nitrogens with two attached hydrogens (primary N) is 1. The van der Waals surface area contributed by atoms with E-state index in [0.29, 0.717) is 36.0 Å². The first-order valence-electron chi connectivity index (χ1n) is 12.0. The zero-order valence-electron chi connectivity index (χ0n) is 20.7. The molecule has 1 fully saturated rings. The summed E-state index contributed by atoms with van der Waals surface area (Å²) in [7, 11) is 0. The Morgan fingerprint density at radius 3 is 2.38 bits per heavy atom. The number of H-pyrrole nitrogens is 1. The minimum atomic E-state index is -0.503. The number of pyridine rings is 1. The van der Waals surface area contributed by atoms with E-state index in [9.17, 15) is 4.79 Å². The number of nitrogens with zero attached hydrogens (tertiary/aromatic N) is 2. The van der Waals surface area contributed by atoms with E-state index < -0.39 is 5.91 Å². The van der Waals surface area contributed by atoms with Gasteiger partial charge in [0.05, 0.1) is 17.9 Å². The van der Waals surface area contributed by atoms with E-state index >= 15 is 0 Å². The number of aromatic amines is 1. The van der Waals surface area contributed by atoms with Crippen LogP contribution in [0.4, 0.5) is 5.82 Å². The number of primary amides is 1. The average molecular weight is 462 g/mol. The topological polar surface area (TPSA) is 106 Å². The predicted octanol–water partition coefficient (Wildman–Crippen LogP) is 4.70. The Morgan fingerprint density at radius 2 is 1.79 bits per heavy atom. The van der Waals surface area contributed by atoms with E-state index in [1.165, 1.54) is 16.7 Å². The van der Waals surface area contributed by atoms with Gasteiger partial charge in [-0.05, 0) is 81.3 Å². The number of rotatable bonds is 7. The number of aromatic nitrogens is 3. The number of amides is 1. The molecule has 0 bridgehead atoms. The number of carbonyl (C=O) groups excluding carboxylic acids is 1. The van der Waals surface area contributed by atoms with Crippen molar-refractivity contribution in [3.05, 3.63) is 75.2 Å². The molecule has 2 aromatic heterocycles. The number of aryl methyl sites for hydroxylation is 2. The van der Waals surface area contributed by atoms with Gasteiger partial charge in [-0.15, -0.1) is 0 Å². The van der Waals surface area contributed by atoms with Crippen molar-refractivity contribution in [3.63, 3.8) is 0 Å². The minimum Gasteiger partial charge on any atom is -0.376 e. The lowest BCUT2D eigenvalue weighted by Crippen LogP contribution is -2.28. The van der Waals surface area contributed by atoms with E-state index in [1.54, 1.807) is 0 Å². The molecule has 0 aliphatic carbocycles. The van der Waals surface area contributed by atoms with Crippen LogP contribution in [0.2, 0.25) is 0 Å². The third kappa shape index (κ3) is 5.30. The number of benzene rings is 1. The quantitative estimate of drug-likeness (QED) is 0.473. The van der Waals surface area contributed by atoms with Crippen LogP contribution in [0.5, 0.6) is 0 Å². The fraction of sp³-hybridized carbons (Fsp3) is 0.444. The molecule has 1 saturated heterocycles. The number of hydrogen-bond donors (Lipinski definition) is 3. The molecule has 7 heteroatoms. The molecule has 0 radical (unpaired) electrons. The van der Waals surface area contributed by atoms with Crippen molar-refractivity contribution in [2.75, 3.05) is 5.32 Å². The van der Waals surface area contributed by atoms with Gasteiger partial charge in [-0.25, -0.2) is 0 Å². The van der Waals surface area contributed by atoms with Gasteiger partial charge in [0.1, 0.15) is 5.56 Å². The van der Waals surface area contributed by atoms with Crippen LogP contribution in [-0.4, -0.2) is 33.3 Å². The maximum absolute atomic E-state index is 12.3. The third-order valence-corrected chi connectivity index (χ3v) is 6.88. The average Bonchev–Trinajstić information content (AvgIpc) is 3.18. The Balaban J connectivity index is 1.47. The van der Waals surface area contributed by atoms with Crippen LogP contribution in [-0.2, 0) is 17.7 Å². The maximum atomic E-state index is 12.3. The van der Waals surface area contributed by atoms with Gasteiger partial charge in [-0.2, -0.15) is 5.10 Å².